The molecular formula is C33H35N5O10S. The summed E-state index contributed by atoms with van der Waals surface area (Å²) in [5.41, 5.74) is -0.722. The van der Waals surface area contributed by atoms with Gasteiger partial charge in [-0.05, 0) is 68.8 Å². The van der Waals surface area contributed by atoms with Crippen LogP contribution in [0.3, 0.4) is 0 Å². The summed E-state index contributed by atoms with van der Waals surface area (Å²) in [6.45, 7) is 3.60. The number of nitrogens with zero attached hydrogens (tertiary/aromatic N) is 4. The average molecular weight is 694 g/mol. The van der Waals surface area contributed by atoms with Gasteiger partial charge in [-0.2, -0.15) is 0 Å². The Morgan fingerprint density at radius 3 is 2.35 bits per heavy atom. The Morgan fingerprint density at radius 1 is 1.00 bits per heavy atom. The summed E-state index contributed by atoms with van der Waals surface area (Å²) in [6, 6.07) is 15.9. The first kappa shape index (κ1) is 34.7. The Morgan fingerprint density at radius 2 is 1.67 bits per heavy atom. The van der Waals surface area contributed by atoms with Crippen molar-refractivity contribution < 1.29 is 42.4 Å². The molecule has 0 saturated heterocycles. The van der Waals surface area contributed by atoms with Crippen molar-refractivity contribution in [2.24, 2.45) is 12.0 Å². The number of ether oxygens (including phenoxy) is 3. The predicted molar refractivity (Wildman–Crippen MR) is 179 cm³/mol. The minimum atomic E-state index is -4.33. The number of fused-ring (bicyclic) bond motifs is 1. The molecule has 1 aliphatic rings. The van der Waals surface area contributed by atoms with E-state index >= 15 is 0 Å². The molecule has 258 valence electrons. The third-order valence-electron chi connectivity index (χ3n) is 7.43. The second-order valence-corrected chi connectivity index (χ2v) is 13.0. The van der Waals surface area contributed by atoms with Crippen molar-refractivity contribution in [1.82, 2.24) is 13.4 Å². The molecule has 4 aromatic rings. The molecule has 3 N–H and O–H groups in total. The van der Waals surface area contributed by atoms with Gasteiger partial charge in [0.25, 0.3) is 27.7 Å². The van der Waals surface area contributed by atoms with E-state index < -0.39 is 45.4 Å². The van der Waals surface area contributed by atoms with Crippen molar-refractivity contribution in [3.05, 3.63) is 88.8 Å². The number of anilines is 1. The molecule has 0 bridgehead atoms. The van der Waals surface area contributed by atoms with Crippen LogP contribution in [-0.2, 0) is 26.6 Å². The Balaban J connectivity index is 1.70. The fraction of sp³-hybridized carbons (Fsp3) is 0.273. The molecule has 2 heterocycles. The maximum Gasteiger partial charge on any atom is 0.335 e. The lowest BCUT2D eigenvalue weighted by molar-refractivity contribution is -0.117. The van der Waals surface area contributed by atoms with Crippen LogP contribution in [0, 0.1) is 0 Å². The summed E-state index contributed by atoms with van der Waals surface area (Å²) < 4.78 is 47.5. The summed E-state index contributed by atoms with van der Waals surface area (Å²) in [4.78, 5) is 44.2. The van der Waals surface area contributed by atoms with Crippen molar-refractivity contribution in [1.29, 1.82) is 0 Å². The number of carboxylic acid groups (broad SMARTS) is 1. The number of hydrogen-bond donors (Lipinski definition) is 3. The molecule has 15 nitrogen and oxygen atoms in total. The minimum Gasteiger partial charge on any atom is -0.491 e. The van der Waals surface area contributed by atoms with E-state index in [9.17, 15) is 33.0 Å². The maximum absolute atomic E-state index is 14.5. The Bertz CT molecular complexity index is 2070. The van der Waals surface area contributed by atoms with E-state index in [4.69, 9.17) is 14.2 Å². The van der Waals surface area contributed by atoms with Gasteiger partial charge in [-0.1, -0.05) is 24.3 Å². The van der Waals surface area contributed by atoms with Crippen LogP contribution >= 0.6 is 0 Å². The van der Waals surface area contributed by atoms with Crippen LogP contribution < -0.4 is 20.5 Å². The number of amides is 1. The summed E-state index contributed by atoms with van der Waals surface area (Å²) in [7, 11) is -1.58. The normalized spacial score (nSPS) is 14.1. The highest BCUT2D eigenvalue weighted by atomic mass is 32.2. The second kappa shape index (κ2) is 14.2. The highest BCUT2D eigenvalue weighted by Gasteiger charge is 2.43. The van der Waals surface area contributed by atoms with E-state index in [-0.39, 0.29) is 59.1 Å². The largest absolute Gasteiger partial charge is 0.491 e. The molecule has 0 spiro atoms. The lowest BCUT2D eigenvalue weighted by Crippen LogP contribution is -2.49. The van der Waals surface area contributed by atoms with Gasteiger partial charge in [0.2, 0.25) is 0 Å². The average Bonchev–Trinajstić information content (AvgIpc) is 3.26. The molecule has 0 aliphatic carbocycles. The summed E-state index contributed by atoms with van der Waals surface area (Å²) in [6.07, 6.45) is -0.0632. The number of methoxy groups -OCH3 is 1. The van der Waals surface area contributed by atoms with Crippen molar-refractivity contribution in [2.45, 2.75) is 37.3 Å². The Labute approximate surface area is 281 Å². The molecule has 3 aromatic carbocycles. The number of para-hydroxylation sites is 3. The first-order valence-electron chi connectivity index (χ1n) is 15.1. The number of aliphatic imine (C=N–C) groups is 1. The number of carbonyl (C=O) groups excluding carboxylic acids is 1. The van der Waals surface area contributed by atoms with Crippen LogP contribution in [0.1, 0.15) is 36.7 Å². The third-order valence-corrected chi connectivity index (χ3v) is 9.28. The molecule has 1 amide bonds. The number of aromatic hydroxyl groups is 1. The highest BCUT2D eigenvalue weighted by Crippen LogP contribution is 2.38. The van der Waals surface area contributed by atoms with Gasteiger partial charge < -0.3 is 29.7 Å². The number of sulfonamides is 1. The smallest absolute Gasteiger partial charge is 0.335 e. The fourth-order valence-corrected chi connectivity index (χ4v) is 6.79. The van der Waals surface area contributed by atoms with Crippen LogP contribution in [0.25, 0.3) is 0 Å². The van der Waals surface area contributed by atoms with E-state index in [1.54, 1.807) is 50.2 Å². The lowest BCUT2D eigenvalue weighted by atomic mass is 10.2. The van der Waals surface area contributed by atoms with Crippen molar-refractivity contribution in [2.75, 3.05) is 25.6 Å². The van der Waals surface area contributed by atoms with E-state index in [0.717, 1.165) is 8.87 Å². The first-order valence-corrected chi connectivity index (χ1v) is 16.6. The molecular weight excluding hydrogens is 658 g/mol. The van der Waals surface area contributed by atoms with Gasteiger partial charge in [-0.15, -0.1) is 0 Å². The van der Waals surface area contributed by atoms with E-state index in [0.29, 0.717) is 10.3 Å². The molecule has 1 unspecified atom stereocenters. The summed E-state index contributed by atoms with van der Waals surface area (Å²) in [5, 5.41) is 23.6. The molecule has 1 aromatic heterocycles. The molecule has 49 heavy (non-hydrogen) atoms. The standard InChI is InChI=1S/C33H35N5O10S/c1-20(2)47-25-12-7-5-10-23(25)35-29(39)27(28-34-24-11-6-8-13-26(24)49(44,45)37(28)18-9-19-46-4)38-30(40)31(36(3)33(38)43)48-22-16-14-21(15-17-22)32(41)42/h5-8,10-17,20,27,40H,9,18-19H2,1-4H3,(H,35,39)(H,41,42). The number of aromatic carboxylic acids is 1. The van der Waals surface area contributed by atoms with Crippen molar-refractivity contribution >= 4 is 39.1 Å². The van der Waals surface area contributed by atoms with Crippen LogP contribution in [0.15, 0.2) is 87.5 Å². The summed E-state index contributed by atoms with van der Waals surface area (Å²) in [5.74, 6) is -3.30. The predicted octanol–water partition coefficient (Wildman–Crippen LogP) is 4.12. The molecule has 1 atom stereocenters. The zero-order valence-electron chi connectivity index (χ0n) is 27.1. The van der Waals surface area contributed by atoms with E-state index in [2.05, 4.69) is 10.3 Å². The number of aromatic nitrogens is 2. The monoisotopic (exact) mass is 693 g/mol. The molecule has 0 radical (unpaired) electrons. The Hall–Kier alpha value is -5.61. The number of amidine groups is 1. The van der Waals surface area contributed by atoms with Gasteiger partial charge in [0.05, 0.1) is 23.0 Å². The number of imidazole rings is 1. The van der Waals surface area contributed by atoms with Crippen LogP contribution in [0.5, 0.6) is 23.3 Å². The van der Waals surface area contributed by atoms with Gasteiger partial charge in [-0.25, -0.2) is 27.6 Å². The highest BCUT2D eigenvalue weighted by molar-refractivity contribution is 7.90. The van der Waals surface area contributed by atoms with Gasteiger partial charge in [-0.3, -0.25) is 13.7 Å². The molecule has 0 saturated carbocycles. The van der Waals surface area contributed by atoms with Gasteiger partial charge >= 0.3 is 11.7 Å². The molecule has 16 heteroatoms. The summed E-state index contributed by atoms with van der Waals surface area (Å²) >= 11 is 0. The zero-order valence-corrected chi connectivity index (χ0v) is 27.9. The lowest BCUT2D eigenvalue weighted by Gasteiger charge is -2.33. The maximum atomic E-state index is 14.5. The van der Waals surface area contributed by atoms with Gasteiger partial charge in [0.1, 0.15) is 16.4 Å². The SMILES string of the molecule is COCCCN1C(C(C(=O)Nc2ccccc2OC(C)C)n2c(O)c(Oc3ccc(C(=O)O)cc3)n(C)c2=O)=Nc2ccccc2S1(=O)=O. The zero-order chi connectivity index (χ0) is 35.5. The van der Waals surface area contributed by atoms with Crippen LogP contribution in [-0.4, -0.2) is 76.1 Å². The van der Waals surface area contributed by atoms with Crippen molar-refractivity contribution in [3.8, 4) is 23.3 Å². The Kier molecular flexibility index (Phi) is 10.1. The minimum absolute atomic E-state index is 0.0214. The van der Waals surface area contributed by atoms with Gasteiger partial charge in [0, 0.05) is 27.3 Å². The number of carbonyl (C=O) groups is 2. The molecule has 5 rings (SSSR count). The quantitative estimate of drug-likeness (QED) is 0.172. The number of carboxylic acids is 1. The third kappa shape index (κ3) is 7.00. The first-order chi connectivity index (χ1) is 23.3. The number of hydrogen-bond acceptors (Lipinski definition) is 10. The van der Waals surface area contributed by atoms with E-state index in [1.165, 1.54) is 50.6 Å². The topological polar surface area (TPSA) is 191 Å². The number of nitrogens with one attached hydrogen (secondary N) is 1. The van der Waals surface area contributed by atoms with Crippen LogP contribution in [0.4, 0.5) is 11.4 Å². The second-order valence-electron chi connectivity index (χ2n) is 11.2. The van der Waals surface area contributed by atoms with Crippen LogP contribution in [0.2, 0.25) is 0 Å². The van der Waals surface area contributed by atoms with Crippen molar-refractivity contribution in [3.63, 3.8) is 0 Å². The fourth-order valence-electron chi connectivity index (χ4n) is 5.17. The number of rotatable bonds is 13. The molecule has 0 fully saturated rings. The molecule has 1 aliphatic heterocycles. The van der Waals surface area contributed by atoms with Gasteiger partial charge in [0.15, 0.2) is 11.9 Å². The van der Waals surface area contributed by atoms with E-state index in [1.807, 2.05) is 0 Å². The number of benzene rings is 3.